The molecule has 0 aliphatic heterocycles. The molecule has 0 fully saturated rings. The number of nitrogens with two attached hydrogens (primary N) is 1. The largest absolute Gasteiger partial charge is 0.481 e. The molecule has 1 rings (SSSR count). The van der Waals surface area contributed by atoms with Crippen LogP contribution in [-0.2, 0) is 4.79 Å². The van der Waals surface area contributed by atoms with Crippen molar-refractivity contribution in [2.24, 2.45) is 0 Å². The Morgan fingerprint density at radius 3 is 2.21 bits per heavy atom. The number of allylic oxidation sites excluding steroid dienone is 8. The second kappa shape index (κ2) is 17.3. The van der Waals surface area contributed by atoms with Crippen LogP contribution in [0.4, 0.5) is 5.69 Å². The zero-order valence-corrected chi connectivity index (χ0v) is 19.5. The summed E-state index contributed by atoms with van der Waals surface area (Å²) in [6, 6.07) is 4.44. The Morgan fingerprint density at radius 1 is 0.909 bits per heavy atom. The summed E-state index contributed by atoms with van der Waals surface area (Å²) in [5.74, 6) is -1.29. The Labute approximate surface area is 197 Å². The first-order valence-corrected chi connectivity index (χ1v) is 11.6. The summed E-state index contributed by atoms with van der Waals surface area (Å²) in [6.07, 6.45) is 22.7. The summed E-state index contributed by atoms with van der Waals surface area (Å²) in [4.78, 5) is 22.3. The van der Waals surface area contributed by atoms with Crippen molar-refractivity contribution in [3.05, 3.63) is 72.1 Å². The van der Waals surface area contributed by atoms with E-state index in [9.17, 15) is 14.7 Å². The molecule has 0 aliphatic rings. The van der Waals surface area contributed by atoms with Crippen molar-refractivity contribution in [1.82, 2.24) is 0 Å². The van der Waals surface area contributed by atoms with Crippen LogP contribution in [0.5, 0.6) is 5.75 Å². The number of unbranched alkanes of at least 4 members (excludes halogenated alkanes) is 3. The quantitative estimate of drug-likeness (QED) is 0.102. The maximum atomic E-state index is 11.5. The Bertz CT molecular complexity index is 852. The van der Waals surface area contributed by atoms with Crippen LogP contribution in [0.25, 0.3) is 0 Å². The minimum absolute atomic E-state index is 0.0158. The fourth-order valence-electron chi connectivity index (χ4n) is 3.02. The Kier molecular flexibility index (Phi) is 14.5. The zero-order chi connectivity index (χ0) is 24.3. The van der Waals surface area contributed by atoms with E-state index in [1.165, 1.54) is 31.4 Å². The van der Waals surface area contributed by atoms with Crippen LogP contribution in [0.2, 0.25) is 0 Å². The van der Waals surface area contributed by atoms with E-state index in [2.05, 4.69) is 37.3 Å². The van der Waals surface area contributed by atoms with Crippen LogP contribution in [0.3, 0.4) is 0 Å². The molecular weight excluding hydrogens is 418 g/mol. The van der Waals surface area contributed by atoms with Crippen molar-refractivity contribution in [2.75, 3.05) is 5.73 Å². The lowest BCUT2D eigenvalue weighted by atomic mass is 10.1. The van der Waals surface area contributed by atoms with Gasteiger partial charge in [-0.3, -0.25) is 4.79 Å². The predicted octanol–water partition coefficient (Wildman–Crippen LogP) is 6.90. The lowest BCUT2D eigenvalue weighted by Crippen LogP contribution is -2.05. The average molecular weight is 456 g/mol. The van der Waals surface area contributed by atoms with Crippen molar-refractivity contribution in [1.29, 1.82) is 0 Å². The van der Waals surface area contributed by atoms with Crippen LogP contribution >= 0.6 is 0 Å². The lowest BCUT2D eigenvalue weighted by Gasteiger charge is -2.12. The monoisotopic (exact) mass is 455 g/mol. The number of hydrogen-bond acceptors (Lipinski definition) is 4. The zero-order valence-electron chi connectivity index (χ0n) is 19.5. The summed E-state index contributed by atoms with van der Waals surface area (Å²) in [5, 5.41) is 18.3. The van der Waals surface area contributed by atoms with Gasteiger partial charge >= 0.3 is 11.9 Å². The van der Waals surface area contributed by atoms with Gasteiger partial charge in [0.2, 0.25) is 0 Å². The highest BCUT2D eigenvalue weighted by molar-refractivity contribution is 5.92. The summed E-state index contributed by atoms with van der Waals surface area (Å²) >= 11 is 0. The van der Waals surface area contributed by atoms with Crippen molar-refractivity contribution < 1.29 is 24.5 Å². The predicted molar refractivity (Wildman–Crippen MR) is 133 cm³/mol. The van der Waals surface area contributed by atoms with E-state index in [-0.39, 0.29) is 17.7 Å². The highest BCUT2D eigenvalue weighted by Crippen LogP contribution is 2.25. The maximum absolute atomic E-state index is 11.5. The molecule has 0 spiro atoms. The molecule has 6 heteroatoms. The molecule has 0 saturated heterocycles. The second-order valence-corrected chi connectivity index (χ2v) is 7.70. The van der Waals surface area contributed by atoms with Crippen molar-refractivity contribution in [3.8, 4) is 5.75 Å². The van der Waals surface area contributed by atoms with E-state index in [1.54, 1.807) is 6.07 Å². The van der Waals surface area contributed by atoms with Gasteiger partial charge < -0.3 is 20.7 Å². The number of carboxylic acids is 2. The smallest absolute Gasteiger partial charge is 0.339 e. The molecule has 0 bridgehead atoms. The lowest BCUT2D eigenvalue weighted by molar-refractivity contribution is -0.137. The molecule has 0 atom stereocenters. The van der Waals surface area contributed by atoms with Crippen LogP contribution in [0.15, 0.2) is 66.5 Å². The maximum Gasteiger partial charge on any atom is 0.339 e. The third-order valence-electron chi connectivity index (χ3n) is 4.79. The number of ether oxygens (including phenoxy) is 1. The third-order valence-corrected chi connectivity index (χ3v) is 4.79. The van der Waals surface area contributed by atoms with Gasteiger partial charge in [-0.2, -0.15) is 0 Å². The van der Waals surface area contributed by atoms with Crippen molar-refractivity contribution >= 4 is 17.6 Å². The topological polar surface area (TPSA) is 110 Å². The van der Waals surface area contributed by atoms with E-state index in [0.29, 0.717) is 30.7 Å². The van der Waals surface area contributed by atoms with Crippen LogP contribution in [0.1, 0.15) is 81.5 Å². The van der Waals surface area contributed by atoms with Crippen molar-refractivity contribution in [3.63, 3.8) is 0 Å². The number of rotatable bonds is 17. The van der Waals surface area contributed by atoms with Gasteiger partial charge in [-0.05, 0) is 62.8 Å². The fraction of sp³-hybridized carbons (Fsp3) is 0.407. The first kappa shape index (κ1) is 27.8. The molecule has 180 valence electrons. The van der Waals surface area contributed by atoms with Gasteiger partial charge in [-0.25, -0.2) is 4.79 Å². The first-order valence-electron chi connectivity index (χ1n) is 11.6. The number of carboxylic acid groups (broad SMARTS) is 2. The molecule has 0 unspecified atom stereocenters. The summed E-state index contributed by atoms with van der Waals surface area (Å²) in [6.45, 7) is 2.21. The van der Waals surface area contributed by atoms with Crippen LogP contribution in [-0.4, -0.2) is 22.2 Å². The number of benzene rings is 1. The Balaban J connectivity index is 2.60. The Morgan fingerprint density at radius 2 is 1.58 bits per heavy atom. The van der Waals surface area contributed by atoms with E-state index in [0.717, 1.165) is 19.3 Å². The van der Waals surface area contributed by atoms with Gasteiger partial charge in [0, 0.05) is 18.5 Å². The molecule has 0 aromatic heterocycles. The highest BCUT2D eigenvalue weighted by Gasteiger charge is 2.13. The van der Waals surface area contributed by atoms with Gasteiger partial charge in [0.1, 0.15) is 17.1 Å². The fourth-order valence-corrected chi connectivity index (χ4v) is 3.02. The molecular formula is C27H37NO5. The SMILES string of the molecule is CCCCC/C=C\C/C=C\C/C=C\C/C=C(\CCCC(=O)O)Oc1ccc(N)cc1C(=O)O. The standard InChI is InChI=1S/C27H37NO5/c1-2-3-4-5-6-7-8-9-10-11-12-13-14-16-23(17-15-18-26(29)30)33-25-20-19-22(28)21-24(25)27(31)32/h6-7,9-10,12-13,16,19-21H,2-5,8,11,14-15,17-18,28H2,1H3,(H,29,30)(H,31,32)/b7-6-,10-9-,13-12-,23-16+. The van der Waals surface area contributed by atoms with Gasteiger partial charge in [0.05, 0.1) is 0 Å². The minimum Gasteiger partial charge on any atom is -0.481 e. The van der Waals surface area contributed by atoms with Gasteiger partial charge in [0.25, 0.3) is 0 Å². The molecule has 6 nitrogen and oxygen atoms in total. The van der Waals surface area contributed by atoms with E-state index < -0.39 is 11.9 Å². The number of hydrogen-bond donors (Lipinski definition) is 3. The van der Waals surface area contributed by atoms with E-state index >= 15 is 0 Å². The molecule has 0 amide bonds. The van der Waals surface area contributed by atoms with Gasteiger partial charge in [0.15, 0.2) is 0 Å². The van der Waals surface area contributed by atoms with Crippen LogP contribution < -0.4 is 10.5 Å². The normalized spacial score (nSPS) is 12.2. The number of anilines is 1. The molecule has 33 heavy (non-hydrogen) atoms. The van der Waals surface area contributed by atoms with E-state index in [4.69, 9.17) is 15.6 Å². The molecule has 0 heterocycles. The van der Waals surface area contributed by atoms with Crippen LogP contribution in [0, 0.1) is 0 Å². The summed E-state index contributed by atoms with van der Waals surface area (Å²) < 4.78 is 5.83. The summed E-state index contributed by atoms with van der Waals surface area (Å²) in [5.41, 5.74) is 5.99. The van der Waals surface area contributed by atoms with Crippen molar-refractivity contribution in [2.45, 2.75) is 71.1 Å². The minimum atomic E-state index is -1.13. The van der Waals surface area contributed by atoms with Gasteiger partial charge in [-0.1, -0.05) is 56.2 Å². The molecule has 0 saturated carbocycles. The number of aromatic carboxylic acids is 1. The highest BCUT2D eigenvalue weighted by atomic mass is 16.5. The molecule has 1 aromatic carbocycles. The second-order valence-electron chi connectivity index (χ2n) is 7.70. The molecule has 1 aromatic rings. The van der Waals surface area contributed by atoms with E-state index in [1.807, 2.05) is 12.2 Å². The number of carbonyl (C=O) groups is 2. The summed E-state index contributed by atoms with van der Waals surface area (Å²) in [7, 11) is 0. The Hall–Kier alpha value is -3.28. The number of aliphatic carboxylic acids is 1. The average Bonchev–Trinajstić information content (AvgIpc) is 2.77. The molecule has 4 N–H and O–H groups in total. The first-order chi connectivity index (χ1) is 15.9. The number of nitrogen functional groups attached to an aromatic ring is 1. The molecule has 0 aliphatic carbocycles. The molecule has 0 radical (unpaired) electrons. The van der Waals surface area contributed by atoms with Gasteiger partial charge in [-0.15, -0.1) is 0 Å². The third kappa shape index (κ3) is 13.7.